The topological polar surface area (TPSA) is 55.4 Å². The second-order valence-electron chi connectivity index (χ2n) is 6.43. The Labute approximate surface area is 167 Å². The number of halogens is 2. The van der Waals surface area contributed by atoms with Gasteiger partial charge in [0.25, 0.3) is 5.91 Å². The van der Waals surface area contributed by atoms with E-state index in [1.165, 1.54) is 7.11 Å². The number of nitrogens with one attached hydrogen (secondary N) is 1. The van der Waals surface area contributed by atoms with Gasteiger partial charge in [0, 0.05) is 17.5 Å². The Kier molecular flexibility index (Phi) is 6.34. The van der Waals surface area contributed by atoms with E-state index in [2.05, 4.69) is 5.32 Å². The van der Waals surface area contributed by atoms with E-state index in [9.17, 15) is 18.4 Å². The molecule has 0 aliphatic heterocycles. The first-order valence-corrected chi connectivity index (χ1v) is 8.94. The number of amides is 1. The van der Waals surface area contributed by atoms with Crippen LogP contribution in [-0.2, 0) is 9.53 Å². The molecule has 3 aromatic carbocycles. The molecule has 0 unspecified atom stereocenters. The summed E-state index contributed by atoms with van der Waals surface area (Å²) in [6.07, 6.45) is 0. The maximum absolute atomic E-state index is 13.5. The van der Waals surface area contributed by atoms with Gasteiger partial charge in [-0.15, -0.1) is 0 Å². The zero-order valence-corrected chi connectivity index (χ0v) is 15.6. The van der Waals surface area contributed by atoms with E-state index in [1.54, 1.807) is 0 Å². The van der Waals surface area contributed by atoms with Crippen molar-refractivity contribution >= 4 is 11.9 Å². The second-order valence-corrected chi connectivity index (χ2v) is 6.43. The van der Waals surface area contributed by atoms with Crippen LogP contribution in [0.5, 0.6) is 0 Å². The molecule has 0 aliphatic rings. The van der Waals surface area contributed by atoms with E-state index < -0.39 is 35.5 Å². The number of carbonyl (C=O) groups is 2. The van der Waals surface area contributed by atoms with Crippen molar-refractivity contribution in [3.05, 3.63) is 107 Å². The molecule has 4 nitrogen and oxygen atoms in total. The van der Waals surface area contributed by atoms with Gasteiger partial charge in [0.05, 0.1) is 7.11 Å². The van der Waals surface area contributed by atoms with Gasteiger partial charge in [-0.05, 0) is 23.3 Å². The molecular weight excluding hydrogens is 376 g/mol. The van der Waals surface area contributed by atoms with Crippen LogP contribution in [-0.4, -0.2) is 25.0 Å². The number of hydrogen-bond acceptors (Lipinski definition) is 3. The molecule has 3 aromatic rings. The van der Waals surface area contributed by atoms with Crippen molar-refractivity contribution in [2.24, 2.45) is 0 Å². The van der Waals surface area contributed by atoms with Crippen LogP contribution in [0, 0.1) is 11.6 Å². The molecule has 0 heterocycles. The Morgan fingerprint density at radius 3 is 1.76 bits per heavy atom. The molecule has 0 saturated heterocycles. The van der Waals surface area contributed by atoms with Gasteiger partial charge in [0.1, 0.15) is 17.7 Å². The van der Waals surface area contributed by atoms with Crippen LogP contribution in [0.3, 0.4) is 0 Å². The summed E-state index contributed by atoms with van der Waals surface area (Å²) in [5.74, 6) is -3.78. The summed E-state index contributed by atoms with van der Waals surface area (Å²) in [6.45, 7) is 0. The SMILES string of the molecule is COC(=O)[C@@H](NC(=O)c1cc(F)cc(F)c1)C(c1ccccc1)c1ccccc1. The predicted molar refractivity (Wildman–Crippen MR) is 104 cm³/mol. The quantitative estimate of drug-likeness (QED) is 0.640. The summed E-state index contributed by atoms with van der Waals surface area (Å²) >= 11 is 0. The third-order valence-corrected chi connectivity index (χ3v) is 4.52. The van der Waals surface area contributed by atoms with Crippen LogP contribution >= 0.6 is 0 Å². The maximum atomic E-state index is 13.5. The van der Waals surface area contributed by atoms with E-state index in [0.29, 0.717) is 6.07 Å². The van der Waals surface area contributed by atoms with E-state index in [-0.39, 0.29) is 5.56 Å². The molecule has 1 atom stereocenters. The van der Waals surface area contributed by atoms with Crippen molar-refractivity contribution in [1.82, 2.24) is 5.32 Å². The van der Waals surface area contributed by atoms with Crippen LogP contribution in [0.15, 0.2) is 78.9 Å². The third-order valence-electron chi connectivity index (χ3n) is 4.52. The predicted octanol–water partition coefficient (Wildman–Crippen LogP) is 4.07. The van der Waals surface area contributed by atoms with E-state index in [1.807, 2.05) is 60.7 Å². The fourth-order valence-electron chi connectivity index (χ4n) is 3.21. The smallest absolute Gasteiger partial charge is 0.329 e. The summed E-state index contributed by atoms with van der Waals surface area (Å²) < 4.78 is 32.0. The lowest BCUT2D eigenvalue weighted by Crippen LogP contribution is -2.46. The van der Waals surface area contributed by atoms with Crippen molar-refractivity contribution in [2.75, 3.05) is 7.11 Å². The monoisotopic (exact) mass is 395 g/mol. The molecule has 0 bridgehead atoms. The molecule has 0 aromatic heterocycles. The highest BCUT2D eigenvalue weighted by Crippen LogP contribution is 2.29. The number of hydrogen-bond donors (Lipinski definition) is 1. The summed E-state index contributed by atoms with van der Waals surface area (Å²) in [6, 6.07) is 19.7. The Hall–Kier alpha value is -3.54. The van der Waals surface area contributed by atoms with E-state index in [0.717, 1.165) is 23.3 Å². The van der Waals surface area contributed by atoms with Crippen LogP contribution in [0.25, 0.3) is 0 Å². The maximum Gasteiger partial charge on any atom is 0.329 e. The number of carbonyl (C=O) groups excluding carboxylic acids is 2. The number of ether oxygens (including phenoxy) is 1. The van der Waals surface area contributed by atoms with Gasteiger partial charge in [0.2, 0.25) is 0 Å². The van der Waals surface area contributed by atoms with Gasteiger partial charge < -0.3 is 10.1 Å². The molecule has 29 heavy (non-hydrogen) atoms. The molecule has 1 amide bonds. The summed E-state index contributed by atoms with van der Waals surface area (Å²) in [5.41, 5.74) is 1.33. The molecule has 0 saturated carbocycles. The van der Waals surface area contributed by atoms with Crippen molar-refractivity contribution < 1.29 is 23.1 Å². The summed E-state index contributed by atoms with van der Waals surface area (Å²) in [5, 5.41) is 2.59. The Bertz CT molecular complexity index is 934. The average molecular weight is 395 g/mol. The summed E-state index contributed by atoms with van der Waals surface area (Å²) in [4.78, 5) is 25.3. The van der Waals surface area contributed by atoms with Crippen LogP contribution in [0.4, 0.5) is 8.78 Å². The molecular formula is C23H19F2NO3. The zero-order chi connectivity index (χ0) is 20.8. The standard InChI is InChI=1S/C23H19F2NO3/c1-29-23(28)21(26-22(27)17-12-18(24)14-19(25)13-17)20(15-8-4-2-5-9-15)16-10-6-3-7-11-16/h2-14,20-21H,1H3,(H,26,27)/t21-/m0/s1. The lowest BCUT2D eigenvalue weighted by atomic mass is 9.84. The normalized spacial score (nSPS) is 11.7. The molecule has 6 heteroatoms. The number of rotatable bonds is 6. The number of esters is 1. The first-order valence-electron chi connectivity index (χ1n) is 8.94. The third kappa shape index (κ3) is 4.85. The molecule has 0 aliphatic carbocycles. The highest BCUT2D eigenvalue weighted by atomic mass is 19.1. The van der Waals surface area contributed by atoms with Gasteiger partial charge in [-0.3, -0.25) is 4.79 Å². The van der Waals surface area contributed by atoms with Gasteiger partial charge >= 0.3 is 5.97 Å². The van der Waals surface area contributed by atoms with Crippen molar-refractivity contribution in [3.63, 3.8) is 0 Å². The minimum absolute atomic E-state index is 0.226. The fourth-order valence-corrected chi connectivity index (χ4v) is 3.21. The Morgan fingerprint density at radius 2 is 1.31 bits per heavy atom. The van der Waals surface area contributed by atoms with E-state index in [4.69, 9.17) is 4.74 Å². The molecule has 0 radical (unpaired) electrons. The zero-order valence-electron chi connectivity index (χ0n) is 15.6. The van der Waals surface area contributed by atoms with Crippen molar-refractivity contribution in [1.29, 1.82) is 0 Å². The minimum Gasteiger partial charge on any atom is -0.467 e. The van der Waals surface area contributed by atoms with Gasteiger partial charge in [-0.2, -0.15) is 0 Å². The lowest BCUT2D eigenvalue weighted by molar-refractivity contribution is -0.143. The number of methoxy groups -OCH3 is 1. The van der Waals surface area contributed by atoms with E-state index >= 15 is 0 Å². The van der Waals surface area contributed by atoms with Crippen LogP contribution < -0.4 is 5.32 Å². The van der Waals surface area contributed by atoms with Gasteiger partial charge in [-0.1, -0.05) is 60.7 Å². The van der Waals surface area contributed by atoms with Crippen LogP contribution in [0.2, 0.25) is 0 Å². The molecule has 0 spiro atoms. The molecule has 0 fully saturated rings. The largest absolute Gasteiger partial charge is 0.467 e. The fraction of sp³-hybridized carbons (Fsp3) is 0.130. The highest BCUT2D eigenvalue weighted by molar-refractivity contribution is 5.97. The Balaban J connectivity index is 2.02. The van der Waals surface area contributed by atoms with Crippen LogP contribution in [0.1, 0.15) is 27.4 Å². The van der Waals surface area contributed by atoms with Gasteiger partial charge in [-0.25, -0.2) is 13.6 Å². The average Bonchev–Trinajstić information content (AvgIpc) is 2.73. The molecule has 3 rings (SSSR count). The molecule has 1 N–H and O–H groups in total. The first kappa shape index (κ1) is 20.2. The number of benzene rings is 3. The lowest BCUT2D eigenvalue weighted by Gasteiger charge is -2.27. The van der Waals surface area contributed by atoms with Gasteiger partial charge in [0.15, 0.2) is 0 Å². The summed E-state index contributed by atoms with van der Waals surface area (Å²) in [7, 11) is 1.22. The van der Waals surface area contributed by atoms with Crippen molar-refractivity contribution in [3.8, 4) is 0 Å². The highest BCUT2D eigenvalue weighted by Gasteiger charge is 2.33. The Morgan fingerprint density at radius 1 is 0.828 bits per heavy atom. The first-order chi connectivity index (χ1) is 14.0. The minimum atomic E-state index is -1.11. The van der Waals surface area contributed by atoms with Crippen molar-refractivity contribution in [2.45, 2.75) is 12.0 Å². The second kappa shape index (κ2) is 9.10. The molecule has 148 valence electrons.